The average Bonchev–Trinajstić information content (AvgIpc) is 3.11. The van der Waals surface area contributed by atoms with Crippen molar-refractivity contribution in [1.29, 1.82) is 0 Å². The molecular formula is C26H29ClN4O4. The number of halogens is 1. The van der Waals surface area contributed by atoms with Gasteiger partial charge >= 0.3 is 0 Å². The number of hydrogen-bond acceptors (Lipinski definition) is 6. The van der Waals surface area contributed by atoms with E-state index in [0.717, 1.165) is 16.5 Å². The number of benzene rings is 2. The first kappa shape index (κ1) is 24.9. The second-order valence-electron chi connectivity index (χ2n) is 9.25. The number of ether oxygens (including phenoxy) is 1. The number of pyridine rings is 1. The van der Waals surface area contributed by atoms with Gasteiger partial charge in [0.15, 0.2) is 0 Å². The third kappa shape index (κ3) is 5.40. The smallest absolute Gasteiger partial charge is 0.265 e. The largest absolute Gasteiger partial charge is 0.489 e. The quantitative estimate of drug-likeness (QED) is 0.279. The van der Waals surface area contributed by atoms with Crippen molar-refractivity contribution in [2.24, 2.45) is 11.7 Å². The lowest BCUT2D eigenvalue weighted by atomic mass is 9.89. The van der Waals surface area contributed by atoms with E-state index in [-0.39, 0.29) is 24.9 Å². The second kappa shape index (κ2) is 10.2. The molecule has 8 nitrogen and oxygen atoms in total. The maximum absolute atomic E-state index is 13.1. The number of nitrogens with zero attached hydrogens (tertiary/aromatic N) is 3. The molecule has 1 unspecified atom stereocenters. The van der Waals surface area contributed by atoms with Crippen LogP contribution in [-0.2, 0) is 21.7 Å². The van der Waals surface area contributed by atoms with E-state index in [1.54, 1.807) is 30.3 Å². The predicted octanol–water partition coefficient (Wildman–Crippen LogP) is 3.73. The van der Waals surface area contributed by atoms with E-state index in [4.69, 9.17) is 22.1 Å². The molecule has 4 rings (SSSR count). The Labute approximate surface area is 209 Å². The molecular weight excluding hydrogens is 468 g/mol. The topological polar surface area (TPSA) is 109 Å². The summed E-state index contributed by atoms with van der Waals surface area (Å²) in [6.07, 6.45) is 0.371. The van der Waals surface area contributed by atoms with Gasteiger partial charge in [-0.15, -0.1) is 0 Å². The molecule has 0 spiro atoms. The molecule has 1 aliphatic heterocycles. The SMILES string of the molecule is CC(C)CN(O)C(=O)CN1CCC(N)(c2ccc(OCc3cc(Cl)nc4ccccc34)cc2)C1=O. The minimum Gasteiger partial charge on any atom is -0.489 e. The van der Waals surface area contributed by atoms with Crippen LogP contribution in [0.2, 0.25) is 5.15 Å². The van der Waals surface area contributed by atoms with Crippen LogP contribution >= 0.6 is 11.6 Å². The van der Waals surface area contributed by atoms with Crippen molar-refractivity contribution in [3.63, 3.8) is 0 Å². The molecule has 1 atom stereocenters. The van der Waals surface area contributed by atoms with E-state index in [1.165, 1.54) is 4.90 Å². The highest BCUT2D eigenvalue weighted by Gasteiger charge is 2.45. The lowest BCUT2D eigenvalue weighted by Gasteiger charge is -2.25. The highest BCUT2D eigenvalue weighted by atomic mass is 35.5. The number of carbonyl (C=O) groups excluding carboxylic acids is 2. The molecule has 9 heteroatoms. The highest BCUT2D eigenvalue weighted by molar-refractivity contribution is 6.29. The molecule has 184 valence electrons. The summed E-state index contributed by atoms with van der Waals surface area (Å²) in [6.45, 7) is 4.43. The molecule has 3 N–H and O–H groups in total. The first-order chi connectivity index (χ1) is 16.7. The third-order valence-electron chi connectivity index (χ3n) is 6.13. The van der Waals surface area contributed by atoms with Gasteiger partial charge in [-0.25, -0.2) is 10.0 Å². The van der Waals surface area contributed by atoms with E-state index in [0.29, 0.717) is 41.1 Å². The molecule has 1 fully saturated rings. The zero-order valence-electron chi connectivity index (χ0n) is 19.8. The van der Waals surface area contributed by atoms with Gasteiger partial charge in [-0.05, 0) is 42.2 Å². The number of para-hydroxylation sites is 1. The molecule has 0 bridgehead atoms. The Kier molecular flexibility index (Phi) is 7.25. The monoisotopic (exact) mass is 496 g/mol. The molecule has 35 heavy (non-hydrogen) atoms. The summed E-state index contributed by atoms with van der Waals surface area (Å²) in [7, 11) is 0. The van der Waals surface area contributed by atoms with Crippen molar-refractivity contribution in [2.75, 3.05) is 19.6 Å². The summed E-state index contributed by atoms with van der Waals surface area (Å²) < 4.78 is 5.96. The third-order valence-corrected chi connectivity index (χ3v) is 6.33. The number of hydrogen-bond donors (Lipinski definition) is 2. The minimum atomic E-state index is -1.23. The summed E-state index contributed by atoms with van der Waals surface area (Å²) in [5.41, 5.74) is 7.63. The lowest BCUT2D eigenvalue weighted by Crippen LogP contribution is -2.48. The fourth-order valence-corrected chi connectivity index (χ4v) is 4.48. The Hall–Kier alpha value is -3.20. The Morgan fingerprint density at radius 3 is 2.69 bits per heavy atom. The van der Waals surface area contributed by atoms with Crippen LogP contribution in [0.25, 0.3) is 10.9 Å². The number of carbonyl (C=O) groups is 2. The number of hydroxylamine groups is 2. The van der Waals surface area contributed by atoms with Crippen LogP contribution in [0.3, 0.4) is 0 Å². The van der Waals surface area contributed by atoms with Crippen molar-refractivity contribution in [3.05, 3.63) is 70.9 Å². The van der Waals surface area contributed by atoms with Gasteiger partial charge in [-0.3, -0.25) is 14.8 Å². The molecule has 2 heterocycles. The molecule has 3 aromatic rings. The molecule has 0 aliphatic carbocycles. The maximum atomic E-state index is 13.1. The van der Waals surface area contributed by atoms with Crippen LogP contribution in [-0.4, -0.2) is 51.6 Å². The molecule has 1 aromatic heterocycles. The lowest BCUT2D eigenvalue weighted by molar-refractivity contribution is -0.169. The number of likely N-dealkylation sites (tertiary alicyclic amines) is 1. The van der Waals surface area contributed by atoms with Crippen LogP contribution in [0, 0.1) is 5.92 Å². The number of nitrogens with two attached hydrogens (primary N) is 1. The molecule has 2 aromatic carbocycles. The fraction of sp³-hybridized carbons (Fsp3) is 0.346. The van der Waals surface area contributed by atoms with Gasteiger partial charge in [0.25, 0.3) is 5.91 Å². The first-order valence-electron chi connectivity index (χ1n) is 11.5. The zero-order chi connectivity index (χ0) is 25.2. The van der Waals surface area contributed by atoms with Gasteiger partial charge in [0.2, 0.25) is 5.91 Å². The van der Waals surface area contributed by atoms with E-state index in [2.05, 4.69) is 4.98 Å². The van der Waals surface area contributed by atoms with Gasteiger partial charge in [-0.2, -0.15) is 0 Å². The Morgan fingerprint density at radius 2 is 1.97 bits per heavy atom. The van der Waals surface area contributed by atoms with Gasteiger partial charge in [0.1, 0.15) is 29.6 Å². The summed E-state index contributed by atoms with van der Waals surface area (Å²) in [5, 5.41) is 11.9. The van der Waals surface area contributed by atoms with Crippen molar-refractivity contribution in [1.82, 2.24) is 14.9 Å². The van der Waals surface area contributed by atoms with Crippen molar-refractivity contribution in [2.45, 2.75) is 32.4 Å². The Bertz CT molecular complexity index is 1230. The van der Waals surface area contributed by atoms with Crippen LogP contribution in [0.4, 0.5) is 0 Å². The van der Waals surface area contributed by atoms with E-state index in [9.17, 15) is 14.8 Å². The number of fused-ring (bicyclic) bond motifs is 1. The molecule has 1 saturated heterocycles. The van der Waals surface area contributed by atoms with E-state index < -0.39 is 11.4 Å². The average molecular weight is 497 g/mol. The van der Waals surface area contributed by atoms with Crippen molar-refractivity contribution in [3.8, 4) is 5.75 Å². The molecule has 0 saturated carbocycles. The van der Waals surface area contributed by atoms with Crippen molar-refractivity contribution >= 4 is 34.3 Å². The normalized spacial score (nSPS) is 17.9. The predicted molar refractivity (Wildman–Crippen MR) is 133 cm³/mol. The fourth-order valence-electron chi connectivity index (χ4n) is 4.25. The summed E-state index contributed by atoms with van der Waals surface area (Å²) in [5.74, 6) is -0.127. The van der Waals surface area contributed by atoms with Crippen LogP contribution in [0.5, 0.6) is 5.75 Å². The molecule has 1 aliphatic rings. The van der Waals surface area contributed by atoms with E-state index in [1.807, 2.05) is 38.1 Å². The summed E-state index contributed by atoms with van der Waals surface area (Å²) in [6, 6.07) is 16.6. The zero-order valence-corrected chi connectivity index (χ0v) is 20.5. The van der Waals surface area contributed by atoms with Gasteiger partial charge in [-0.1, -0.05) is 55.8 Å². The minimum absolute atomic E-state index is 0.113. The van der Waals surface area contributed by atoms with E-state index >= 15 is 0 Å². The second-order valence-corrected chi connectivity index (χ2v) is 9.64. The Balaban J connectivity index is 1.41. The summed E-state index contributed by atoms with van der Waals surface area (Å²) >= 11 is 6.16. The molecule has 2 amide bonds. The highest BCUT2D eigenvalue weighted by Crippen LogP contribution is 2.32. The van der Waals surface area contributed by atoms with Gasteiger partial charge < -0.3 is 15.4 Å². The van der Waals surface area contributed by atoms with Crippen LogP contribution in [0.15, 0.2) is 54.6 Å². The first-order valence-corrected chi connectivity index (χ1v) is 11.9. The number of amides is 2. The van der Waals surface area contributed by atoms with Crippen molar-refractivity contribution < 1.29 is 19.5 Å². The number of rotatable bonds is 8. The van der Waals surface area contributed by atoms with Crippen LogP contribution < -0.4 is 10.5 Å². The number of aromatic nitrogens is 1. The maximum Gasteiger partial charge on any atom is 0.265 e. The summed E-state index contributed by atoms with van der Waals surface area (Å²) in [4.78, 5) is 31.1. The Morgan fingerprint density at radius 1 is 1.26 bits per heavy atom. The van der Waals surface area contributed by atoms with Crippen LogP contribution in [0.1, 0.15) is 31.4 Å². The molecule has 0 radical (unpaired) electrons. The van der Waals surface area contributed by atoms with Gasteiger partial charge in [0.05, 0.1) is 12.1 Å². The standard InChI is InChI=1S/C26H29ClN4O4/c1-17(2)14-31(34)24(32)15-30-12-11-26(28,25(30)33)19-7-9-20(10-8-19)35-16-18-13-23(27)29-22-6-4-3-5-21(18)22/h3-10,13,17,34H,11-12,14-16,28H2,1-2H3. The van der Waals surface area contributed by atoms with Gasteiger partial charge in [0, 0.05) is 17.5 Å².